The number of nitrogens with one attached hydrogen (secondary N) is 2. The summed E-state index contributed by atoms with van der Waals surface area (Å²) in [5.74, 6) is -2.88. The lowest BCUT2D eigenvalue weighted by Crippen LogP contribution is -2.53. The van der Waals surface area contributed by atoms with Gasteiger partial charge in [-0.25, -0.2) is 4.90 Å². The highest BCUT2D eigenvalue weighted by molar-refractivity contribution is 6.32. The summed E-state index contributed by atoms with van der Waals surface area (Å²) in [5.41, 5.74) is 5.97. The van der Waals surface area contributed by atoms with Gasteiger partial charge in [-0.1, -0.05) is 17.7 Å². The minimum Gasteiger partial charge on any atom is -0.486 e. The molecular weight excluding hydrogens is 488 g/mol. The first-order valence-electron chi connectivity index (χ1n) is 11.7. The summed E-state index contributed by atoms with van der Waals surface area (Å²) < 4.78 is 11.2. The SMILES string of the molecule is Cc1c(Cl)ccc2c1NC(=O)[C@]21N[C@@H](CCC(N)=O)[C@H]2C(=O)N(c3ccc4c(c3)OCCO4)C(=O)[C@H]21. The van der Waals surface area contributed by atoms with Gasteiger partial charge in [-0.2, -0.15) is 0 Å². The summed E-state index contributed by atoms with van der Waals surface area (Å²) in [6.07, 6.45) is 0.192. The number of fused-ring (bicyclic) bond motifs is 5. The quantitative estimate of drug-likeness (QED) is 0.531. The third kappa shape index (κ3) is 3.00. The van der Waals surface area contributed by atoms with Crippen LogP contribution < -0.4 is 30.7 Å². The van der Waals surface area contributed by atoms with Gasteiger partial charge in [-0.3, -0.25) is 24.5 Å². The van der Waals surface area contributed by atoms with E-state index in [2.05, 4.69) is 10.6 Å². The number of benzene rings is 2. The van der Waals surface area contributed by atoms with Crippen molar-refractivity contribution in [2.24, 2.45) is 17.6 Å². The van der Waals surface area contributed by atoms with E-state index in [1.165, 1.54) is 0 Å². The molecule has 2 aromatic rings. The molecule has 0 bridgehead atoms. The van der Waals surface area contributed by atoms with E-state index in [-0.39, 0.29) is 12.8 Å². The minimum atomic E-state index is -1.49. The first-order valence-corrected chi connectivity index (χ1v) is 12.1. The number of rotatable bonds is 4. The Bertz CT molecular complexity index is 1360. The lowest BCUT2D eigenvalue weighted by Gasteiger charge is -2.30. The maximum Gasteiger partial charge on any atom is 0.250 e. The molecule has 6 rings (SSSR count). The number of hydrogen-bond donors (Lipinski definition) is 3. The van der Waals surface area contributed by atoms with Crippen molar-refractivity contribution in [2.75, 3.05) is 23.4 Å². The van der Waals surface area contributed by atoms with Crippen molar-refractivity contribution in [3.8, 4) is 11.5 Å². The highest BCUT2D eigenvalue weighted by Crippen LogP contribution is 2.55. The molecular formula is C25H23ClN4O6. The number of amides is 4. The summed E-state index contributed by atoms with van der Waals surface area (Å²) in [5, 5.41) is 6.63. The molecule has 0 aromatic heterocycles. The Balaban J connectivity index is 1.47. The summed E-state index contributed by atoms with van der Waals surface area (Å²) in [6, 6.07) is 7.61. The summed E-state index contributed by atoms with van der Waals surface area (Å²) in [4.78, 5) is 54.1. The molecule has 4 heterocycles. The molecule has 4 N–H and O–H groups in total. The molecule has 1 spiro atoms. The second-order valence-corrected chi connectivity index (χ2v) is 9.86. The van der Waals surface area contributed by atoms with Crippen molar-refractivity contribution < 1.29 is 28.7 Å². The summed E-state index contributed by atoms with van der Waals surface area (Å²) >= 11 is 6.30. The summed E-state index contributed by atoms with van der Waals surface area (Å²) in [6.45, 7) is 2.54. The molecule has 4 aliphatic heterocycles. The Morgan fingerprint density at radius 1 is 1.14 bits per heavy atom. The molecule has 4 amide bonds. The standard InChI is InChI=1S/C25H23ClN4O6/c1-11-14(26)4-3-13-21(11)28-24(34)25(13)20-19(15(29-25)5-7-18(27)31)22(32)30(23(20)33)12-2-6-16-17(10-12)36-9-8-35-16/h2-4,6,10,15,19-20,29H,5,7-9H2,1H3,(H2,27,31)(H,28,34)/t15-,19+,20-,25-/m0/s1. The normalized spacial score (nSPS) is 27.9. The van der Waals surface area contributed by atoms with E-state index in [1.54, 1.807) is 37.3 Å². The van der Waals surface area contributed by atoms with Gasteiger partial charge in [-0.15, -0.1) is 0 Å². The number of carbonyl (C=O) groups is 4. The monoisotopic (exact) mass is 510 g/mol. The zero-order valence-corrected chi connectivity index (χ0v) is 20.1. The smallest absolute Gasteiger partial charge is 0.250 e. The van der Waals surface area contributed by atoms with E-state index in [1.807, 2.05) is 0 Å². The molecule has 2 fully saturated rings. The number of ether oxygens (including phenoxy) is 2. The Labute approximate surface area is 211 Å². The number of anilines is 2. The third-order valence-corrected chi connectivity index (χ3v) is 7.98. The number of imide groups is 1. The highest BCUT2D eigenvalue weighted by atomic mass is 35.5. The molecule has 11 heteroatoms. The zero-order valence-electron chi connectivity index (χ0n) is 19.3. The van der Waals surface area contributed by atoms with Crippen LogP contribution in [0.1, 0.15) is 24.0 Å². The lowest BCUT2D eigenvalue weighted by molar-refractivity contribution is -0.130. The van der Waals surface area contributed by atoms with Gasteiger partial charge in [0.05, 0.1) is 23.2 Å². The molecule has 0 saturated carbocycles. The Morgan fingerprint density at radius 2 is 1.89 bits per heavy atom. The van der Waals surface area contributed by atoms with Gasteiger partial charge in [0.15, 0.2) is 11.5 Å². The Hall–Kier alpha value is -3.63. The van der Waals surface area contributed by atoms with Crippen LogP contribution in [0.3, 0.4) is 0 Å². The van der Waals surface area contributed by atoms with E-state index in [4.69, 9.17) is 26.8 Å². The average Bonchev–Trinajstić information content (AvgIpc) is 3.44. The van der Waals surface area contributed by atoms with E-state index in [0.717, 1.165) is 4.90 Å². The van der Waals surface area contributed by atoms with Gasteiger partial charge in [0, 0.05) is 29.1 Å². The molecule has 2 saturated heterocycles. The number of halogens is 1. The number of nitrogens with zero attached hydrogens (tertiary/aromatic N) is 1. The molecule has 2 aromatic carbocycles. The molecule has 0 radical (unpaired) electrons. The number of carbonyl (C=O) groups excluding carboxylic acids is 4. The van der Waals surface area contributed by atoms with E-state index < -0.39 is 47.0 Å². The number of nitrogens with two attached hydrogens (primary N) is 1. The van der Waals surface area contributed by atoms with Crippen LogP contribution >= 0.6 is 11.6 Å². The van der Waals surface area contributed by atoms with Crippen LogP contribution in [0.25, 0.3) is 0 Å². The predicted octanol–water partition coefficient (Wildman–Crippen LogP) is 1.61. The third-order valence-electron chi connectivity index (χ3n) is 7.57. The van der Waals surface area contributed by atoms with Gasteiger partial charge < -0.3 is 20.5 Å². The fraction of sp³-hybridized carbons (Fsp3) is 0.360. The van der Waals surface area contributed by atoms with Crippen molar-refractivity contribution in [1.82, 2.24) is 5.32 Å². The van der Waals surface area contributed by atoms with Crippen molar-refractivity contribution in [1.29, 1.82) is 0 Å². The van der Waals surface area contributed by atoms with Crippen molar-refractivity contribution >= 4 is 46.6 Å². The zero-order chi connectivity index (χ0) is 25.4. The lowest BCUT2D eigenvalue weighted by atomic mass is 9.76. The molecule has 0 aliphatic carbocycles. The highest BCUT2D eigenvalue weighted by Gasteiger charge is 2.70. The molecule has 10 nitrogen and oxygen atoms in total. The first-order chi connectivity index (χ1) is 17.2. The van der Waals surface area contributed by atoms with Crippen molar-refractivity contribution in [2.45, 2.75) is 31.3 Å². The van der Waals surface area contributed by atoms with Crippen LogP contribution in [0.15, 0.2) is 30.3 Å². The fourth-order valence-corrected chi connectivity index (χ4v) is 6.12. The summed E-state index contributed by atoms with van der Waals surface area (Å²) in [7, 11) is 0. The predicted molar refractivity (Wildman–Crippen MR) is 129 cm³/mol. The molecule has 0 unspecified atom stereocenters. The van der Waals surface area contributed by atoms with E-state index in [0.29, 0.717) is 52.2 Å². The second-order valence-electron chi connectivity index (χ2n) is 9.46. The van der Waals surface area contributed by atoms with Crippen LogP contribution in [-0.2, 0) is 24.7 Å². The maximum atomic E-state index is 14.0. The van der Waals surface area contributed by atoms with Crippen molar-refractivity contribution in [3.05, 3.63) is 46.5 Å². The number of hydrogen-bond acceptors (Lipinski definition) is 7. The van der Waals surface area contributed by atoms with E-state index >= 15 is 0 Å². The topological polar surface area (TPSA) is 140 Å². The van der Waals surface area contributed by atoms with Gasteiger partial charge in [-0.05, 0) is 37.1 Å². The van der Waals surface area contributed by atoms with Crippen LogP contribution in [0.2, 0.25) is 5.02 Å². The van der Waals surface area contributed by atoms with Gasteiger partial charge in [0.2, 0.25) is 23.6 Å². The molecule has 4 aliphatic rings. The van der Waals surface area contributed by atoms with Crippen LogP contribution in [0, 0.1) is 18.8 Å². The number of primary amides is 1. The fourth-order valence-electron chi connectivity index (χ4n) is 5.96. The van der Waals surface area contributed by atoms with Crippen LogP contribution in [0.5, 0.6) is 11.5 Å². The van der Waals surface area contributed by atoms with Crippen LogP contribution in [-0.4, -0.2) is 42.9 Å². The van der Waals surface area contributed by atoms with Crippen molar-refractivity contribution in [3.63, 3.8) is 0 Å². The van der Waals surface area contributed by atoms with Gasteiger partial charge >= 0.3 is 0 Å². The molecule has 36 heavy (non-hydrogen) atoms. The molecule has 186 valence electrons. The van der Waals surface area contributed by atoms with Crippen LogP contribution in [0.4, 0.5) is 11.4 Å². The Kier molecular flexibility index (Phi) is 5.03. The molecule has 4 atom stereocenters. The first kappa shape index (κ1) is 22.8. The minimum absolute atomic E-state index is 0.00339. The maximum absolute atomic E-state index is 14.0. The largest absolute Gasteiger partial charge is 0.486 e. The second kappa shape index (κ2) is 7.94. The average molecular weight is 511 g/mol. The van der Waals surface area contributed by atoms with Gasteiger partial charge in [0.25, 0.3) is 0 Å². The Morgan fingerprint density at radius 3 is 2.64 bits per heavy atom. The van der Waals surface area contributed by atoms with E-state index in [9.17, 15) is 19.2 Å². The van der Waals surface area contributed by atoms with Gasteiger partial charge in [0.1, 0.15) is 18.8 Å².